The van der Waals surface area contributed by atoms with Crippen molar-refractivity contribution in [2.24, 2.45) is 29.6 Å². The molecule has 0 amide bonds. The van der Waals surface area contributed by atoms with Gasteiger partial charge in [-0.1, -0.05) is 131 Å². The molecular weight excluding hydrogens is 530 g/mol. The molecule has 210 valence electrons. The SMILES string of the molecule is C[C@H](C1C=CC=C1c1ccccc1P(c1ccccc1)c1ccccc1)P(C1CC2CCC1C2)C1CC2CC[C@H]1C2. The van der Waals surface area contributed by atoms with Crippen LogP contribution in [0.1, 0.15) is 63.9 Å². The lowest BCUT2D eigenvalue weighted by Crippen LogP contribution is -2.32. The van der Waals surface area contributed by atoms with Crippen LogP contribution in [0.2, 0.25) is 0 Å². The van der Waals surface area contributed by atoms with Crippen molar-refractivity contribution in [1.82, 2.24) is 0 Å². The van der Waals surface area contributed by atoms with Gasteiger partial charge in [-0.15, -0.1) is 0 Å². The second-order valence-electron chi connectivity index (χ2n) is 13.7. The molecule has 5 aliphatic rings. The second kappa shape index (κ2) is 11.3. The van der Waals surface area contributed by atoms with Crippen LogP contribution in [0.15, 0.2) is 103 Å². The molecule has 0 saturated heterocycles. The molecule has 4 saturated carbocycles. The standard InChI is InChI=1S/C39H44P2/c1-27(40(38-25-28-19-21-30(38)23-28)39-26-29-20-22-31(39)24-29)34-16-10-17-35(34)36-15-8-9-18-37(36)41(32-11-4-2-5-12-32)33-13-6-3-7-14-33/h2-18,27-31,34,38-39H,19-26H2,1H3/t27-,28?,29?,30+,31?,34?,38?,39?,40?/m1/s1. The van der Waals surface area contributed by atoms with Crippen LogP contribution in [0.5, 0.6) is 0 Å². The van der Waals surface area contributed by atoms with Gasteiger partial charge in [0.15, 0.2) is 0 Å². The molecule has 0 heterocycles. The zero-order valence-corrected chi connectivity index (χ0v) is 26.3. The van der Waals surface area contributed by atoms with Crippen LogP contribution < -0.4 is 15.9 Å². The first kappa shape index (κ1) is 26.6. The highest BCUT2D eigenvalue weighted by Crippen LogP contribution is 2.70. The molecule has 0 aromatic heterocycles. The van der Waals surface area contributed by atoms with Crippen molar-refractivity contribution in [1.29, 1.82) is 0 Å². The van der Waals surface area contributed by atoms with Gasteiger partial charge >= 0.3 is 0 Å². The fraction of sp³-hybridized carbons (Fsp3) is 0.436. The molecule has 0 nitrogen and oxygen atoms in total. The highest BCUT2D eigenvalue weighted by Gasteiger charge is 2.52. The molecule has 7 unspecified atom stereocenters. The van der Waals surface area contributed by atoms with Crippen molar-refractivity contribution in [3.8, 4) is 0 Å². The lowest BCUT2D eigenvalue weighted by Gasteiger charge is -2.44. The average Bonchev–Trinajstić information content (AvgIpc) is 3.86. The molecule has 2 heteroatoms. The van der Waals surface area contributed by atoms with Gasteiger partial charge in [0.2, 0.25) is 0 Å². The Balaban J connectivity index is 1.17. The minimum atomic E-state index is -0.625. The van der Waals surface area contributed by atoms with Gasteiger partial charge in [-0.2, -0.15) is 0 Å². The molecule has 8 rings (SSSR count). The van der Waals surface area contributed by atoms with E-state index in [1.165, 1.54) is 47.2 Å². The van der Waals surface area contributed by atoms with Gasteiger partial charge < -0.3 is 0 Å². The Bertz CT molecular complexity index is 1360. The van der Waals surface area contributed by atoms with E-state index in [0.717, 1.165) is 40.6 Å². The Kier molecular flexibility index (Phi) is 7.30. The highest BCUT2D eigenvalue weighted by atomic mass is 31.1. The molecule has 3 aromatic carbocycles. The summed E-state index contributed by atoms with van der Waals surface area (Å²) in [5.41, 5.74) is 5.96. The lowest BCUT2D eigenvalue weighted by molar-refractivity contribution is 0.456. The molecule has 41 heavy (non-hydrogen) atoms. The molecule has 3 aromatic rings. The zero-order valence-electron chi connectivity index (χ0n) is 24.5. The van der Waals surface area contributed by atoms with E-state index in [-0.39, 0.29) is 7.92 Å². The van der Waals surface area contributed by atoms with E-state index in [0.29, 0.717) is 5.92 Å². The number of benzene rings is 3. The van der Waals surface area contributed by atoms with E-state index >= 15 is 0 Å². The van der Waals surface area contributed by atoms with Gasteiger partial charge in [0.05, 0.1) is 0 Å². The van der Waals surface area contributed by atoms with Crippen LogP contribution in [0.3, 0.4) is 0 Å². The maximum absolute atomic E-state index is 2.71. The van der Waals surface area contributed by atoms with Crippen molar-refractivity contribution >= 4 is 37.3 Å². The summed E-state index contributed by atoms with van der Waals surface area (Å²) in [7, 11) is -0.606. The number of rotatable bonds is 8. The Morgan fingerprint density at radius 3 is 1.73 bits per heavy atom. The molecular formula is C39H44P2. The van der Waals surface area contributed by atoms with Crippen molar-refractivity contribution < 1.29 is 0 Å². The van der Waals surface area contributed by atoms with E-state index in [2.05, 4.69) is 110 Å². The smallest absolute Gasteiger partial charge is 0.00923 e. The van der Waals surface area contributed by atoms with Crippen LogP contribution in [-0.2, 0) is 0 Å². The fourth-order valence-electron chi connectivity index (χ4n) is 9.87. The minimum absolute atomic E-state index is 0.0190. The Morgan fingerprint density at radius 2 is 1.20 bits per heavy atom. The first-order valence-corrected chi connectivity index (χ1v) is 19.3. The van der Waals surface area contributed by atoms with Crippen LogP contribution in [0.25, 0.3) is 5.57 Å². The molecule has 9 atom stereocenters. The maximum atomic E-state index is 2.71. The summed E-state index contributed by atoms with van der Waals surface area (Å²) in [6.45, 7) is 2.71. The molecule has 0 aliphatic heterocycles. The Hall–Kier alpha value is -2.00. The lowest BCUT2D eigenvalue weighted by atomic mass is 9.93. The largest absolute Gasteiger partial charge is 0.0959 e. The number of fused-ring (bicyclic) bond motifs is 4. The summed E-state index contributed by atoms with van der Waals surface area (Å²) in [5, 5.41) is 4.42. The maximum Gasteiger partial charge on any atom is 0.00923 e. The molecule has 0 N–H and O–H groups in total. The topological polar surface area (TPSA) is 0 Å². The predicted molar refractivity (Wildman–Crippen MR) is 181 cm³/mol. The summed E-state index contributed by atoms with van der Waals surface area (Å²) in [5.74, 6) is 4.75. The minimum Gasteiger partial charge on any atom is -0.0959 e. The predicted octanol–water partition coefficient (Wildman–Crippen LogP) is 9.26. The molecule has 4 fully saturated rings. The van der Waals surface area contributed by atoms with E-state index in [1.54, 1.807) is 31.3 Å². The van der Waals surface area contributed by atoms with Crippen LogP contribution >= 0.6 is 15.8 Å². The summed E-state index contributed by atoms with van der Waals surface area (Å²) in [6.07, 6.45) is 19.9. The highest BCUT2D eigenvalue weighted by molar-refractivity contribution is 7.80. The summed E-state index contributed by atoms with van der Waals surface area (Å²) in [6, 6.07) is 32.0. The zero-order chi connectivity index (χ0) is 27.3. The Morgan fingerprint density at radius 1 is 0.634 bits per heavy atom. The van der Waals surface area contributed by atoms with Gasteiger partial charge in [-0.05, 0) is 114 Å². The summed E-state index contributed by atoms with van der Waals surface area (Å²) >= 11 is 0. The van der Waals surface area contributed by atoms with E-state index in [9.17, 15) is 0 Å². The third-order valence-corrected chi connectivity index (χ3v) is 18.2. The number of hydrogen-bond acceptors (Lipinski definition) is 0. The van der Waals surface area contributed by atoms with Gasteiger partial charge in [-0.3, -0.25) is 0 Å². The third kappa shape index (κ3) is 4.83. The van der Waals surface area contributed by atoms with Gasteiger partial charge in [-0.25, -0.2) is 0 Å². The van der Waals surface area contributed by atoms with E-state index in [1.807, 2.05) is 0 Å². The first-order valence-electron chi connectivity index (χ1n) is 16.4. The van der Waals surface area contributed by atoms with Gasteiger partial charge in [0.1, 0.15) is 0 Å². The molecule has 0 spiro atoms. The summed E-state index contributed by atoms with van der Waals surface area (Å²) < 4.78 is 0. The van der Waals surface area contributed by atoms with E-state index < -0.39 is 7.92 Å². The number of hydrogen-bond donors (Lipinski definition) is 0. The normalized spacial score (nSPS) is 33.0. The van der Waals surface area contributed by atoms with Crippen LogP contribution in [0, 0.1) is 29.6 Å². The third-order valence-electron chi connectivity index (χ3n) is 11.6. The molecule has 0 radical (unpaired) electrons. The Labute approximate surface area is 250 Å². The van der Waals surface area contributed by atoms with Gasteiger partial charge in [0.25, 0.3) is 0 Å². The van der Waals surface area contributed by atoms with Crippen LogP contribution in [0.4, 0.5) is 0 Å². The van der Waals surface area contributed by atoms with Gasteiger partial charge in [0, 0.05) is 5.92 Å². The monoisotopic (exact) mass is 574 g/mol. The van der Waals surface area contributed by atoms with Crippen molar-refractivity contribution in [2.45, 2.75) is 75.3 Å². The number of allylic oxidation sites excluding steroid dienone is 4. The quantitative estimate of drug-likeness (QED) is 0.235. The first-order chi connectivity index (χ1) is 20.2. The average molecular weight is 575 g/mol. The molecule has 5 aliphatic carbocycles. The summed E-state index contributed by atoms with van der Waals surface area (Å²) in [4.78, 5) is 0. The van der Waals surface area contributed by atoms with Crippen LogP contribution in [-0.4, -0.2) is 17.0 Å². The fourth-order valence-corrected chi connectivity index (χ4v) is 17.3. The molecule has 4 bridgehead atoms. The van der Waals surface area contributed by atoms with Crippen molar-refractivity contribution in [3.63, 3.8) is 0 Å². The van der Waals surface area contributed by atoms with Crippen molar-refractivity contribution in [3.05, 3.63) is 109 Å². The van der Waals surface area contributed by atoms with Crippen molar-refractivity contribution in [2.75, 3.05) is 0 Å². The van der Waals surface area contributed by atoms with E-state index in [4.69, 9.17) is 0 Å². The second-order valence-corrected chi connectivity index (χ2v) is 18.9.